The van der Waals surface area contributed by atoms with Gasteiger partial charge in [0.25, 0.3) is 0 Å². The Labute approximate surface area is 120 Å². The van der Waals surface area contributed by atoms with Crippen LogP contribution in [0, 0.1) is 0 Å². The third-order valence-electron chi connectivity index (χ3n) is 2.66. The van der Waals surface area contributed by atoms with Gasteiger partial charge in [0, 0.05) is 13.2 Å². The fourth-order valence-corrected chi connectivity index (χ4v) is 1.53. The van der Waals surface area contributed by atoms with Crippen molar-refractivity contribution < 1.29 is 27.3 Å². The average molecular weight is 318 g/mol. The molecular formula is C11H9F3N4O4. The van der Waals surface area contributed by atoms with Gasteiger partial charge < -0.3 is 0 Å². The van der Waals surface area contributed by atoms with E-state index in [1.807, 2.05) is 0 Å². The van der Waals surface area contributed by atoms with E-state index in [0.717, 1.165) is 12.3 Å². The lowest BCUT2D eigenvalue weighted by Gasteiger charge is -2.13. The van der Waals surface area contributed by atoms with Crippen LogP contribution in [0.25, 0.3) is 11.5 Å². The van der Waals surface area contributed by atoms with Crippen LogP contribution in [0.5, 0.6) is 0 Å². The van der Waals surface area contributed by atoms with Crippen LogP contribution in [0.3, 0.4) is 0 Å². The molecule has 11 heteroatoms. The highest BCUT2D eigenvalue weighted by molar-refractivity contribution is 5.79. The molecule has 0 aliphatic heterocycles. The van der Waals surface area contributed by atoms with Gasteiger partial charge in [0.1, 0.15) is 5.69 Å². The van der Waals surface area contributed by atoms with E-state index in [2.05, 4.69) is 19.5 Å². The maximum absolute atomic E-state index is 12.7. The lowest BCUT2D eigenvalue weighted by Crippen LogP contribution is -2.35. The lowest BCUT2D eigenvalue weighted by molar-refractivity contribution is -0.137. The molecule has 22 heavy (non-hydrogen) atoms. The van der Waals surface area contributed by atoms with Gasteiger partial charge in [-0.15, -0.1) is 0 Å². The minimum absolute atomic E-state index is 0.349. The van der Waals surface area contributed by atoms with Crippen LogP contribution in [0.2, 0.25) is 0 Å². The summed E-state index contributed by atoms with van der Waals surface area (Å²) in [5, 5.41) is 3.97. The molecule has 8 nitrogen and oxygen atoms in total. The number of hydrogen-bond donors (Lipinski definition) is 0. The summed E-state index contributed by atoms with van der Waals surface area (Å²) in [4.78, 5) is 31.8. The molecule has 0 aromatic carbocycles. The zero-order valence-corrected chi connectivity index (χ0v) is 11.3. The van der Waals surface area contributed by atoms with Gasteiger partial charge in [0.2, 0.25) is 5.82 Å². The van der Waals surface area contributed by atoms with E-state index >= 15 is 0 Å². The third kappa shape index (κ3) is 2.83. The number of aromatic nitrogens is 3. The second-order valence-electron chi connectivity index (χ2n) is 4.00. The molecule has 0 radical (unpaired) electrons. The van der Waals surface area contributed by atoms with Gasteiger partial charge in [0.05, 0.1) is 12.7 Å². The molecule has 0 aliphatic carbocycles. The highest BCUT2D eigenvalue weighted by Gasteiger charge is 2.32. The summed E-state index contributed by atoms with van der Waals surface area (Å²) in [6, 6.07) is 0.395. The zero-order valence-electron chi connectivity index (χ0n) is 11.3. The Bertz CT molecular complexity index is 752. The first kappa shape index (κ1) is 15.7. The monoisotopic (exact) mass is 318 g/mol. The SMILES string of the molecule is CON(C)C(=O)n1c(-c2cc(C(F)(F)F)ccn2)noc1=O. The van der Waals surface area contributed by atoms with Crippen LogP contribution >= 0.6 is 0 Å². The quantitative estimate of drug-likeness (QED) is 0.777. The Hall–Kier alpha value is -2.69. The number of alkyl halides is 3. The largest absolute Gasteiger partial charge is 0.450 e. The van der Waals surface area contributed by atoms with Crippen LogP contribution in [0.15, 0.2) is 27.6 Å². The van der Waals surface area contributed by atoms with E-state index in [4.69, 9.17) is 0 Å². The second kappa shape index (κ2) is 5.60. The van der Waals surface area contributed by atoms with Crippen molar-refractivity contribution in [2.45, 2.75) is 6.18 Å². The van der Waals surface area contributed by atoms with Gasteiger partial charge >= 0.3 is 18.0 Å². The predicted octanol–water partition coefficient (Wildman–Crippen LogP) is 1.38. The standard InChI is InChI=1S/C11H9F3N4O4/c1-17(21-2)9(19)18-8(16-22-10(18)20)7-5-6(3-4-15-7)11(12,13)14/h3-5H,1-2H3. The van der Waals surface area contributed by atoms with Crippen LogP contribution in [-0.4, -0.2) is 40.0 Å². The molecule has 0 unspecified atom stereocenters. The van der Waals surface area contributed by atoms with E-state index in [0.29, 0.717) is 15.7 Å². The number of rotatable bonds is 2. The van der Waals surface area contributed by atoms with Gasteiger partial charge in [-0.05, 0) is 12.1 Å². The smallest absolute Gasteiger partial charge is 0.295 e. The fourth-order valence-electron chi connectivity index (χ4n) is 1.53. The summed E-state index contributed by atoms with van der Waals surface area (Å²) in [6.07, 6.45) is -3.73. The fraction of sp³-hybridized carbons (Fsp3) is 0.273. The van der Waals surface area contributed by atoms with E-state index in [9.17, 15) is 22.8 Å². The number of halogens is 3. The van der Waals surface area contributed by atoms with E-state index < -0.39 is 29.4 Å². The Morgan fingerprint density at radius 2 is 2.14 bits per heavy atom. The minimum atomic E-state index is -4.61. The molecule has 0 saturated heterocycles. The van der Waals surface area contributed by atoms with Crippen molar-refractivity contribution in [3.63, 3.8) is 0 Å². The molecule has 0 N–H and O–H groups in total. The van der Waals surface area contributed by atoms with Crippen molar-refractivity contribution in [3.8, 4) is 11.5 Å². The number of nitrogens with zero attached hydrogens (tertiary/aromatic N) is 4. The Balaban J connectivity index is 2.56. The molecular weight excluding hydrogens is 309 g/mol. The molecule has 0 aliphatic rings. The van der Waals surface area contributed by atoms with Crippen molar-refractivity contribution in [3.05, 3.63) is 34.4 Å². The number of carbonyl (C=O) groups is 1. The van der Waals surface area contributed by atoms with Gasteiger partial charge in [-0.1, -0.05) is 5.16 Å². The van der Waals surface area contributed by atoms with Crippen molar-refractivity contribution in [2.75, 3.05) is 14.2 Å². The van der Waals surface area contributed by atoms with Gasteiger partial charge in [-0.3, -0.25) is 14.3 Å². The number of carbonyl (C=O) groups excluding carboxylic acids is 1. The van der Waals surface area contributed by atoms with Gasteiger partial charge in [-0.25, -0.2) is 14.7 Å². The van der Waals surface area contributed by atoms with Crippen molar-refractivity contribution >= 4 is 6.03 Å². The lowest BCUT2D eigenvalue weighted by atomic mass is 10.2. The zero-order chi connectivity index (χ0) is 16.5. The molecule has 2 aromatic heterocycles. The summed E-state index contributed by atoms with van der Waals surface area (Å²) < 4.78 is 42.8. The minimum Gasteiger partial charge on any atom is -0.295 e. The topological polar surface area (TPSA) is 90.5 Å². The Morgan fingerprint density at radius 1 is 1.45 bits per heavy atom. The van der Waals surface area contributed by atoms with Gasteiger partial charge in [-0.2, -0.15) is 17.7 Å². The highest BCUT2D eigenvalue weighted by atomic mass is 19.4. The number of hydrogen-bond acceptors (Lipinski definition) is 6. The predicted molar refractivity (Wildman–Crippen MR) is 64.6 cm³/mol. The molecule has 0 spiro atoms. The molecule has 1 amide bonds. The van der Waals surface area contributed by atoms with E-state index in [1.165, 1.54) is 14.2 Å². The normalized spacial score (nSPS) is 11.5. The second-order valence-corrected chi connectivity index (χ2v) is 4.00. The first-order chi connectivity index (χ1) is 10.3. The van der Waals surface area contributed by atoms with Gasteiger partial charge in [0.15, 0.2) is 0 Å². The van der Waals surface area contributed by atoms with E-state index in [1.54, 1.807) is 0 Å². The molecule has 2 rings (SSSR count). The summed E-state index contributed by atoms with van der Waals surface area (Å²) in [6.45, 7) is 0. The number of pyridine rings is 1. The molecule has 0 saturated carbocycles. The molecule has 0 atom stereocenters. The maximum atomic E-state index is 12.7. The summed E-state index contributed by atoms with van der Waals surface area (Å²) in [5.41, 5.74) is -1.36. The van der Waals surface area contributed by atoms with Crippen molar-refractivity contribution in [1.82, 2.24) is 19.8 Å². The third-order valence-corrected chi connectivity index (χ3v) is 2.66. The first-order valence-corrected chi connectivity index (χ1v) is 5.70. The Kier molecular flexibility index (Phi) is 3.99. The molecule has 118 valence electrons. The summed E-state index contributed by atoms with van der Waals surface area (Å²) in [7, 11) is 2.36. The average Bonchev–Trinajstić information content (AvgIpc) is 2.86. The van der Waals surface area contributed by atoms with E-state index in [-0.39, 0.29) is 5.69 Å². The molecule has 2 aromatic rings. The van der Waals surface area contributed by atoms with Crippen molar-refractivity contribution in [2.24, 2.45) is 0 Å². The van der Waals surface area contributed by atoms with Crippen LogP contribution in [0.4, 0.5) is 18.0 Å². The Morgan fingerprint density at radius 3 is 2.73 bits per heavy atom. The number of amides is 1. The first-order valence-electron chi connectivity index (χ1n) is 5.70. The highest BCUT2D eigenvalue weighted by Crippen LogP contribution is 2.30. The van der Waals surface area contributed by atoms with Crippen LogP contribution in [-0.2, 0) is 11.0 Å². The van der Waals surface area contributed by atoms with Crippen LogP contribution in [0.1, 0.15) is 5.56 Å². The summed E-state index contributed by atoms with van der Waals surface area (Å²) in [5.74, 6) is -1.65. The maximum Gasteiger partial charge on any atom is 0.450 e. The van der Waals surface area contributed by atoms with Crippen LogP contribution < -0.4 is 5.76 Å². The molecule has 2 heterocycles. The van der Waals surface area contributed by atoms with Crippen molar-refractivity contribution in [1.29, 1.82) is 0 Å². The summed E-state index contributed by atoms with van der Waals surface area (Å²) >= 11 is 0. The number of hydroxylamine groups is 2. The molecule has 0 fully saturated rings. The molecule has 0 bridgehead atoms.